The van der Waals surface area contributed by atoms with E-state index in [0.717, 1.165) is 18.9 Å². The predicted molar refractivity (Wildman–Crippen MR) is 81.8 cm³/mol. The van der Waals surface area contributed by atoms with Gasteiger partial charge in [0, 0.05) is 35.6 Å². The molecule has 1 aromatic heterocycles. The quantitative estimate of drug-likeness (QED) is 0.414. The van der Waals surface area contributed by atoms with Gasteiger partial charge < -0.3 is 16.0 Å². The van der Waals surface area contributed by atoms with Crippen LogP contribution in [0.15, 0.2) is 29.1 Å². The summed E-state index contributed by atoms with van der Waals surface area (Å²) >= 11 is 0. The van der Waals surface area contributed by atoms with E-state index in [1.807, 2.05) is 0 Å². The number of aromatic amines is 1. The molecule has 0 unspecified atom stereocenters. The number of carbonyl (C=O) groups excluding carboxylic acids is 1. The summed E-state index contributed by atoms with van der Waals surface area (Å²) in [5.74, 6) is -0.436. The summed E-state index contributed by atoms with van der Waals surface area (Å²) in [4.78, 5) is 36.7. The number of aromatic nitrogens is 1. The Balaban J connectivity index is 2.38. The Kier molecular flexibility index (Phi) is 4.84. The maximum absolute atomic E-state index is 12.2. The van der Waals surface area contributed by atoms with E-state index in [1.165, 1.54) is 18.2 Å². The number of nitrogens with two attached hydrogens (primary N) is 1. The molecule has 0 spiro atoms. The van der Waals surface area contributed by atoms with Crippen LogP contribution >= 0.6 is 0 Å². The van der Waals surface area contributed by atoms with Gasteiger partial charge in [0.15, 0.2) is 0 Å². The third-order valence-electron chi connectivity index (χ3n) is 3.20. The zero-order chi connectivity index (χ0) is 16.1. The number of nitro groups is 1. The van der Waals surface area contributed by atoms with Crippen LogP contribution in [0.2, 0.25) is 0 Å². The smallest absolute Gasteiger partial charge is 0.270 e. The molecule has 8 nitrogen and oxygen atoms in total. The van der Waals surface area contributed by atoms with Crippen molar-refractivity contribution < 1.29 is 9.72 Å². The summed E-state index contributed by atoms with van der Waals surface area (Å²) in [6, 6.07) is 5.12. The molecule has 0 saturated carbocycles. The lowest BCUT2D eigenvalue weighted by molar-refractivity contribution is -0.384. The van der Waals surface area contributed by atoms with Gasteiger partial charge in [-0.25, -0.2) is 0 Å². The van der Waals surface area contributed by atoms with E-state index in [1.54, 1.807) is 0 Å². The van der Waals surface area contributed by atoms with Crippen molar-refractivity contribution in [3.05, 3.63) is 50.3 Å². The highest BCUT2D eigenvalue weighted by Gasteiger charge is 2.15. The number of fused-ring (bicyclic) bond motifs is 1. The Bertz CT molecular complexity index is 769. The number of nitrogens with zero attached hydrogens (tertiary/aromatic N) is 1. The zero-order valence-corrected chi connectivity index (χ0v) is 11.8. The van der Waals surface area contributed by atoms with Gasteiger partial charge in [-0.05, 0) is 25.5 Å². The summed E-state index contributed by atoms with van der Waals surface area (Å²) in [5.41, 5.74) is 5.30. The average molecular weight is 304 g/mol. The van der Waals surface area contributed by atoms with Crippen molar-refractivity contribution in [1.82, 2.24) is 10.3 Å². The molecule has 1 heterocycles. The minimum Gasteiger partial charge on any atom is -0.352 e. The number of nitro benzene ring substituents is 1. The van der Waals surface area contributed by atoms with Gasteiger partial charge in [0.25, 0.3) is 11.6 Å². The van der Waals surface area contributed by atoms with Crippen molar-refractivity contribution in [3.8, 4) is 0 Å². The van der Waals surface area contributed by atoms with Gasteiger partial charge in [0.05, 0.1) is 10.5 Å². The van der Waals surface area contributed by atoms with Crippen LogP contribution in [0.3, 0.4) is 0 Å². The number of hydrogen-bond donors (Lipinski definition) is 3. The average Bonchev–Trinajstić information content (AvgIpc) is 2.50. The molecule has 0 aliphatic carbocycles. The number of non-ortho nitro benzene ring substituents is 1. The number of pyridine rings is 1. The second-order valence-electron chi connectivity index (χ2n) is 4.79. The van der Waals surface area contributed by atoms with Crippen molar-refractivity contribution in [2.24, 2.45) is 5.73 Å². The summed E-state index contributed by atoms with van der Waals surface area (Å²) < 4.78 is 0. The summed E-state index contributed by atoms with van der Waals surface area (Å²) in [6.45, 7) is 0.968. The molecule has 0 fully saturated rings. The van der Waals surface area contributed by atoms with E-state index in [-0.39, 0.29) is 11.3 Å². The topological polar surface area (TPSA) is 131 Å². The molecule has 22 heavy (non-hydrogen) atoms. The van der Waals surface area contributed by atoms with Gasteiger partial charge in [-0.2, -0.15) is 0 Å². The lowest BCUT2D eigenvalue weighted by atomic mass is 10.1. The highest BCUT2D eigenvalue weighted by molar-refractivity contribution is 6.06. The van der Waals surface area contributed by atoms with Crippen LogP contribution in [0.5, 0.6) is 0 Å². The Hall–Kier alpha value is -2.74. The molecule has 0 aliphatic heterocycles. The van der Waals surface area contributed by atoms with E-state index in [4.69, 9.17) is 5.73 Å². The Labute approximate surface area is 125 Å². The molecule has 1 aromatic carbocycles. The number of amides is 1. The normalized spacial score (nSPS) is 10.6. The van der Waals surface area contributed by atoms with E-state index < -0.39 is 16.4 Å². The van der Waals surface area contributed by atoms with Gasteiger partial charge in [-0.3, -0.25) is 19.7 Å². The molecule has 1 amide bonds. The molecule has 0 bridgehead atoms. The number of hydrogen-bond acceptors (Lipinski definition) is 5. The molecule has 2 rings (SSSR count). The van der Waals surface area contributed by atoms with E-state index in [9.17, 15) is 19.7 Å². The monoisotopic (exact) mass is 304 g/mol. The van der Waals surface area contributed by atoms with Crippen molar-refractivity contribution in [2.45, 2.75) is 12.8 Å². The number of unbranched alkanes of at least 4 members (excludes halogenated alkanes) is 1. The first-order valence-corrected chi connectivity index (χ1v) is 6.82. The standard InChI is InChI=1S/C14H16N4O4/c15-5-1-2-6-16-14(20)11-8-13(19)17-12-4-3-9(18(21)22)7-10(11)12/h3-4,7-8H,1-2,5-6,15H2,(H,16,20)(H,17,19). The van der Waals surface area contributed by atoms with Crippen LogP contribution in [0.1, 0.15) is 23.2 Å². The molecular formula is C14H16N4O4. The van der Waals surface area contributed by atoms with Gasteiger partial charge in [0.1, 0.15) is 0 Å². The SMILES string of the molecule is NCCCCNC(=O)c1cc(=O)[nH]c2ccc([N+](=O)[O-])cc12. The van der Waals surface area contributed by atoms with E-state index in [0.29, 0.717) is 24.0 Å². The van der Waals surface area contributed by atoms with Crippen molar-refractivity contribution in [3.63, 3.8) is 0 Å². The van der Waals surface area contributed by atoms with Crippen molar-refractivity contribution in [1.29, 1.82) is 0 Å². The van der Waals surface area contributed by atoms with Gasteiger partial charge in [0.2, 0.25) is 5.56 Å². The van der Waals surface area contributed by atoms with Gasteiger partial charge in [-0.1, -0.05) is 0 Å². The van der Waals surface area contributed by atoms with Crippen LogP contribution in [0.4, 0.5) is 5.69 Å². The van der Waals surface area contributed by atoms with Gasteiger partial charge in [-0.15, -0.1) is 0 Å². The highest BCUT2D eigenvalue weighted by atomic mass is 16.6. The maximum atomic E-state index is 12.2. The second kappa shape index (κ2) is 6.81. The first kappa shape index (κ1) is 15.6. The maximum Gasteiger partial charge on any atom is 0.270 e. The molecule has 8 heteroatoms. The molecule has 0 aliphatic rings. The van der Waals surface area contributed by atoms with Crippen molar-refractivity contribution >= 4 is 22.5 Å². The fraction of sp³-hybridized carbons (Fsp3) is 0.286. The third kappa shape index (κ3) is 3.47. The predicted octanol–water partition coefficient (Wildman–Crippen LogP) is 0.905. The molecule has 0 saturated heterocycles. The van der Waals surface area contributed by atoms with Crippen LogP contribution in [0, 0.1) is 10.1 Å². The first-order valence-electron chi connectivity index (χ1n) is 6.82. The summed E-state index contributed by atoms with van der Waals surface area (Å²) in [6.07, 6.45) is 1.51. The number of nitrogens with one attached hydrogen (secondary N) is 2. The second-order valence-corrected chi connectivity index (χ2v) is 4.79. The lowest BCUT2D eigenvalue weighted by Gasteiger charge is -2.07. The molecule has 0 atom stereocenters. The summed E-state index contributed by atoms with van der Waals surface area (Å²) in [7, 11) is 0. The third-order valence-corrected chi connectivity index (χ3v) is 3.20. The largest absolute Gasteiger partial charge is 0.352 e. The molecular weight excluding hydrogens is 288 g/mol. The van der Waals surface area contributed by atoms with E-state index in [2.05, 4.69) is 10.3 Å². The Morgan fingerprint density at radius 2 is 2.09 bits per heavy atom. The molecule has 2 aromatic rings. The fourth-order valence-electron chi connectivity index (χ4n) is 2.11. The number of rotatable bonds is 6. The lowest BCUT2D eigenvalue weighted by Crippen LogP contribution is -2.26. The highest BCUT2D eigenvalue weighted by Crippen LogP contribution is 2.21. The van der Waals surface area contributed by atoms with Crippen molar-refractivity contribution in [2.75, 3.05) is 13.1 Å². The Morgan fingerprint density at radius 3 is 2.77 bits per heavy atom. The first-order chi connectivity index (χ1) is 10.5. The fourth-order valence-corrected chi connectivity index (χ4v) is 2.11. The van der Waals surface area contributed by atoms with Crippen LogP contribution in [-0.2, 0) is 0 Å². The number of carbonyl (C=O) groups is 1. The number of benzene rings is 1. The molecule has 0 radical (unpaired) electrons. The minimum absolute atomic E-state index is 0.121. The van der Waals surface area contributed by atoms with Crippen LogP contribution < -0.4 is 16.6 Å². The minimum atomic E-state index is -0.548. The van der Waals surface area contributed by atoms with Crippen LogP contribution in [0.25, 0.3) is 10.9 Å². The Morgan fingerprint density at radius 1 is 1.32 bits per heavy atom. The van der Waals surface area contributed by atoms with Crippen LogP contribution in [-0.4, -0.2) is 28.9 Å². The van der Waals surface area contributed by atoms with E-state index >= 15 is 0 Å². The molecule has 4 N–H and O–H groups in total. The summed E-state index contributed by atoms with van der Waals surface area (Å²) in [5, 5.41) is 13.9. The number of H-pyrrole nitrogens is 1. The zero-order valence-electron chi connectivity index (χ0n) is 11.8. The molecule has 116 valence electrons. The van der Waals surface area contributed by atoms with Gasteiger partial charge >= 0.3 is 0 Å².